The first kappa shape index (κ1) is 21.0. The lowest BCUT2D eigenvalue weighted by molar-refractivity contribution is 0.269. The predicted octanol–water partition coefficient (Wildman–Crippen LogP) is 5.62. The lowest BCUT2D eigenvalue weighted by Crippen LogP contribution is -2.13. The molecule has 0 radical (unpaired) electrons. The lowest BCUT2D eigenvalue weighted by atomic mass is 10.1. The molecular weight excluding hydrogens is 386 g/mol. The van der Waals surface area contributed by atoms with Crippen LogP contribution in [0.5, 0.6) is 17.2 Å². The van der Waals surface area contributed by atoms with Crippen LogP contribution in [0.1, 0.15) is 23.6 Å². The van der Waals surface area contributed by atoms with E-state index in [1.165, 1.54) is 5.56 Å². The Labute approximate surface area is 177 Å². The van der Waals surface area contributed by atoms with Crippen molar-refractivity contribution in [2.45, 2.75) is 26.6 Å². The number of hydrogen-bond donors (Lipinski definition) is 1. The number of hydrogen-bond acceptors (Lipinski definition) is 4. The van der Waals surface area contributed by atoms with Crippen LogP contribution in [0.15, 0.2) is 66.7 Å². The van der Waals surface area contributed by atoms with Gasteiger partial charge in [-0.25, -0.2) is 0 Å². The van der Waals surface area contributed by atoms with Crippen molar-refractivity contribution in [3.8, 4) is 17.2 Å². The predicted molar refractivity (Wildman–Crippen MR) is 117 cm³/mol. The third kappa shape index (κ3) is 6.14. The molecule has 3 aromatic rings. The third-order valence-corrected chi connectivity index (χ3v) is 4.81. The van der Waals surface area contributed by atoms with Crippen LogP contribution >= 0.6 is 11.6 Å². The van der Waals surface area contributed by atoms with Crippen LogP contribution in [-0.2, 0) is 19.7 Å². The van der Waals surface area contributed by atoms with Crippen LogP contribution in [0.25, 0.3) is 0 Å². The Morgan fingerprint density at radius 1 is 0.828 bits per heavy atom. The Morgan fingerprint density at radius 2 is 1.55 bits per heavy atom. The van der Waals surface area contributed by atoms with Gasteiger partial charge in [-0.2, -0.15) is 0 Å². The van der Waals surface area contributed by atoms with Crippen molar-refractivity contribution in [1.82, 2.24) is 5.32 Å². The van der Waals surface area contributed by atoms with Gasteiger partial charge in [0.05, 0.1) is 13.7 Å². The molecule has 0 heterocycles. The molecule has 5 heteroatoms. The molecule has 0 bridgehead atoms. The number of rotatable bonds is 10. The minimum absolute atomic E-state index is 0.465. The van der Waals surface area contributed by atoms with E-state index in [0.717, 1.165) is 23.4 Å². The van der Waals surface area contributed by atoms with Crippen molar-refractivity contribution >= 4 is 11.6 Å². The summed E-state index contributed by atoms with van der Waals surface area (Å²) in [6, 6.07) is 21.8. The summed E-state index contributed by atoms with van der Waals surface area (Å²) < 4.78 is 16.9. The third-order valence-electron chi connectivity index (χ3n) is 4.45. The molecule has 0 saturated heterocycles. The first-order valence-corrected chi connectivity index (χ1v) is 10.0. The Bertz CT molecular complexity index is 898. The van der Waals surface area contributed by atoms with E-state index in [2.05, 4.69) is 5.32 Å². The van der Waals surface area contributed by atoms with Crippen LogP contribution in [-0.4, -0.2) is 13.7 Å². The highest BCUT2D eigenvalue weighted by Gasteiger charge is 2.11. The normalized spacial score (nSPS) is 10.6. The summed E-state index contributed by atoms with van der Waals surface area (Å²) in [6.07, 6.45) is 0. The SMILES string of the molecule is CCOc1cc(CNCc2ccc(OC)cc2)c(Cl)cc1OCc1ccccc1. The average molecular weight is 412 g/mol. The summed E-state index contributed by atoms with van der Waals surface area (Å²) >= 11 is 6.51. The molecule has 29 heavy (non-hydrogen) atoms. The molecule has 0 amide bonds. The minimum atomic E-state index is 0.465. The average Bonchev–Trinajstić information content (AvgIpc) is 2.76. The number of ether oxygens (including phenoxy) is 3. The smallest absolute Gasteiger partial charge is 0.163 e. The van der Waals surface area contributed by atoms with Crippen LogP contribution < -0.4 is 19.5 Å². The molecule has 4 nitrogen and oxygen atoms in total. The van der Waals surface area contributed by atoms with Crippen molar-refractivity contribution < 1.29 is 14.2 Å². The molecule has 0 aliphatic heterocycles. The van der Waals surface area contributed by atoms with Gasteiger partial charge in [-0.1, -0.05) is 54.1 Å². The fourth-order valence-corrected chi connectivity index (χ4v) is 3.13. The fourth-order valence-electron chi connectivity index (χ4n) is 2.91. The molecule has 0 unspecified atom stereocenters. The molecule has 152 valence electrons. The van der Waals surface area contributed by atoms with Gasteiger partial charge in [-0.15, -0.1) is 0 Å². The fraction of sp³-hybridized carbons (Fsp3) is 0.250. The maximum atomic E-state index is 6.51. The van der Waals surface area contributed by atoms with Crippen LogP contribution in [0, 0.1) is 0 Å². The molecule has 0 aliphatic carbocycles. The zero-order valence-electron chi connectivity index (χ0n) is 16.8. The second-order valence-corrected chi connectivity index (χ2v) is 6.96. The highest BCUT2D eigenvalue weighted by Crippen LogP contribution is 2.34. The van der Waals surface area contributed by atoms with Crippen LogP contribution in [0.2, 0.25) is 5.02 Å². The van der Waals surface area contributed by atoms with E-state index in [9.17, 15) is 0 Å². The van der Waals surface area contributed by atoms with Gasteiger partial charge in [0.25, 0.3) is 0 Å². The van der Waals surface area contributed by atoms with Gasteiger partial charge < -0.3 is 19.5 Å². The summed E-state index contributed by atoms with van der Waals surface area (Å²) in [5.41, 5.74) is 3.24. The number of nitrogens with one attached hydrogen (secondary N) is 1. The first-order chi connectivity index (χ1) is 14.2. The quantitative estimate of drug-likeness (QED) is 0.470. The highest BCUT2D eigenvalue weighted by molar-refractivity contribution is 6.31. The van der Waals surface area contributed by atoms with E-state index >= 15 is 0 Å². The molecule has 3 aromatic carbocycles. The monoisotopic (exact) mass is 411 g/mol. The molecule has 0 aliphatic rings. The largest absolute Gasteiger partial charge is 0.497 e. The maximum absolute atomic E-state index is 6.51. The molecular formula is C24H26ClNO3. The van der Waals surface area contributed by atoms with E-state index in [1.807, 2.05) is 73.7 Å². The van der Waals surface area contributed by atoms with Gasteiger partial charge in [0.1, 0.15) is 12.4 Å². The topological polar surface area (TPSA) is 39.7 Å². The molecule has 0 fully saturated rings. The van der Waals surface area contributed by atoms with Crippen molar-refractivity contribution in [2.24, 2.45) is 0 Å². The first-order valence-electron chi connectivity index (χ1n) is 9.65. The Balaban J connectivity index is 1.64. The minimum Gasteiger partial charge on any atom is -0.497 e. The van der Waals surface area contributed by atoms with E-state index in [0.29, 0.717) is 36.3 Å². The number of halogens is 1. The molecule has 1 N–H and O–H groups in total. The lowest BCUT2D eigenvalue weighted by Gasteiger charge is -2.15. The maximum Gasteiger partial charge on any atom is 0.163 e. The van der Waals surface area contributed by atoms with E-state index in [4.69, 9.17) is 25.8 Å². The van der Waals surface area contributed by atoms with Crippen molar-refractivity contribution in [1.29, 1.82) is 0 Å². The second kappa shape index (κ2) is 10.7. The van der Waals surface area contributed by atoms with Gasteiger partial charge >= 0.3 is 0 Å². The molecule has 0 spiro atoms. The van der Waals surface area contributed by atoms with Crippen molar-refractivity contribution in [3.63, 3.8) is 0 Å². The molecule has 0 atom stereocenters. The number of benzene rings is 3. The van der Waals surface area contributed by atoms with Gasteiger partial charge in [-0.05, 0) is 41.8 Å². The molecule has 0 aromatic heterocycles. The zero-order chi connectivity index (χ0) is 20.5. The Kier molecular flexibility index (Phi) is 7.79. The van der Waals surface area contributed by atoms with Gasteiger partial charge in [0.2, 0.25) is 0 Å². The molecule has 0 saturated carbocycles. The Hall–Kier alpha value is -2.69. The highest BCUT2D eigenvalue weighted by atomic mass is 35.5. The van der Waals surface area contributed by atoms with Crippen molar-refractivity contribution in [3.05, 3.63) is 88.4 Å². The number of methoxy groups -OCH3 is 1. The zero-order valence-corrected chi connectivity index (χ0v) is 17.5. The van der Waals surface area contributed by atoms with E-state index in [-0.39, 0.29) is 0 Å². The Morgan fingerprint density at radius 3 is 2.24 bits per heavy atom. The second-order valence-electron chi connectivity index (χ2n) is 6.55. The van der Waals surface area contributed by atoms with E-state index in [1.54, 1.807) is 7.11 Å². The van der Waals surface area contributed by atoms with Gasteiger partial charge in [0, 0.05) is 24.2 Å². The summed E-state index contributed by atoms with van der Waals surface area (Å²) in [4.78, 5) is 0. The summed E-state index contributed by atoms with van der Waals surface area (Å²) in [6.45, 7) is 4.34. The van der Waals surface area contributed by atoms with Crippen LogP contribution in [0.3, 0.4) is 0 Å². The summed E-state index contributed by atoms with van der Waals surface area (Å²) in [7, 11) is 1.67. The van der Waals surface area contributed by atoms with Crippen molar-refractivity contribution in [2.75, 3.05) is 13.7 Å². The summed E-state index contributed by atoms with van der Waals surface area (Å²) in [5, 5.41) is 4.07. The van der Waals surface area contributed by atoms with E-state index < -0.39 is 0 Å². The van der Waals surface area contributed by atoms with Crippen LogP contribution in [0.4, 0.5) is 0 Å². The molecule has 3 rings (SSSR count). The van der Waals surface area contributed by atoms with Gasteiger partial charge in [0.15, 0.2) is 11.5 Å². The summed E-state index contributed by atoms with van der Waals surface area (Å²) in [5.74, 6) is 2.21. The standard InChI is InChI=1S/C24H26ClNO3/c1-3-28-23-13-20(16-26-15-18-9-11-21(27-2)12-10-18)22(25)14-24(23)29-17-19-7-5-4-6-8-19/h4-14,26H,3,15-17H2,1-2H3. The van der Waals surface area contributed by atoms with Gasteiger partial charge in [-0.3, -0.25) is 0 Å².